The third-order valence-corrected chi connectivity index (χ3v) is 9.03. The minimum Gasteiger partial charge on any atom is -0.396 e. The maximum atomic E-state index is 14.6. The molecule has 1 aromatic rings. The number of aliphatic hydroxyl groups is 1. The Labute approximate surface area is 242 Å². The van der Waals surface area contributed by atoms with Crippen LogP contribution >= 0.6 is 11.6 Å². The molecule has 3 heterocycles. The van der Waals surface area contributed by atoms with Gasteiger partial charge in [-0.05, 0) is 57.6 Å². The smallest absolute Gasteiger partial charge is 0.253 e. The highest BCUT2D eigenvalue weighted by molar-refractivity contribution is 6.34. The van der Waals surface area contributed by atoms with Gasteiger partial charge in [-0.2, -0.15) is 0 Å². The number of nitrogens with zero attached hydrogens (tertiary/aromatic N) is 3. The molecule has 0 aromatic heterocycles. The van der Waals surface area contributed by atoms with Gasteiger partial charge in [0.1, 0.15) is 11.6 Å². The van der Waals surface area contributed by atoms with Crippen molar-refractivity contribution in [2.45, 2.75) is 69.6 Å². The maximum absolute atomic E-state index is 14.6. The molecule has 3 aliphatic heterocycles. The molecule has 4 rings (SSSR count). The van der Waals surface area contributed by atoms with Gasteiger partial charge in [-0.3, -0.25) is 14.4 Å². The lowest BCUT2D eigenvalue weighted by Crippen LogP contribution is -2.56. The van der Waals surface area contributed by atoms with Crippen molar-refractivity contribution in [2.24, 2.45) is 11.8 Å². The van der Waals surface area contributed by atoms with E-state index in [2.05, 4.69) is 13.2 Å². The predicted molar refractivity (Wildman–Crippen MR) is 156 cm³/mol. The fraction of sp³-hybridized carbons (Fsp3) is 0.581. The fourth-order valence-electron chi connectivity index (χ4n) is 7.06. The number of halogens is 1. The number of ether oxygens (including phenoxy) is 1. The number of carbonyl (C=O) groups is 3. The second kappa shape index (κ2) is 12.5. The van der Waals surface area contributed by atoms with Gasteiger partial charge in [0.25, 0.3) is 5.91 Å². The molecule has 5 atom stereocenters. The first-order valence-electron chi connectivity index (χ1n) is 14.4. The van der Waals surface area contributed by atoms with Crippen molar-refractivity contribution in [3.8, 4) is 0 Å². The molecule has 1 spiro atoms. The van der Waals surface area contributed by atoms with Gasteiger partial charge >= 0.3 is 0 Å². The Hall–Kier alpha value is -2.68. The van der Waals surface area contributed by atoms with Crippen molar-refractivity contribution >= 4 is 35.0 Å². The molecule has 3 aliphatic rings. The van der Waals surface area contributed by atoms with E-state index in [0.717, 1.165) is 6.42 Å². The Morgan fingerprint density at radius 3 is 2.52 bits per heavy atom. The zero-order chi connectivity index (χ0) is 29.1. The molecule has 1 N–H and O–H groups in total. The van der Waals surface area contributed by atoms with Crippen LogP contribution in [-0.4, -0.2) is 82.7 Å². The summed E-state index contributed by atoms with van der Waals surface area (Å²) in [6, 6.07) is 6.21. The van der Waals surface area contributed by atoms with Crippen molar-refractivity contribution in [1.29, 1.82) is 0 Å². The molecular weight excluding hydrogens is 530 g/mol. The second-order valence-corrected chi connectivity index (χ2v) is 11.7. The molecule has 3 saturated heterocycles. The summed E-state index contributed by atoms with van der Waals surface area (Å²) in [6.07, 6.45) is 7.15. The van der Waals surface area contributed by atoms with Gasteiger partial charge in [0.2, 0.25) is 11.8 Å². The standard InChI is InChI=1S/C31H42ClN3O5/c1-5-17-33(18-6-2)27(37)24-25-28(38)35(20-11-8-12-21-36)26(31(25)16-15-30(24,4)40-31)29(39)34(19-7-3)23-14-10-9-13-22(23)32/h5,7,9-10,13-14,24-26,36H,1,3,6,8,11-12,15-21H2,2,4H3/t24-,25+,26?,30+,31?/m1/s1. The highest BCUT2D eigenvalue weighted by atomic mass is 35.5. The van der Waals surface area contributed by atoms with Crippen LogP contribution in [0.3, 0.4) is 0 Å². The van der Waals surface area contributed by atoms with Gasteiger partial charge in [0.05, 0.1) is 28.1 Å². The lowest BCUT2D eigenvalue weighted by atomic mass is 9.66. The van der Waals surface area contributed by atoms with Gasteiger partial charge in [-0.15, -0.1) is 13.2 Å². The normalized spacial score (nSPS) is 28.4. The monoisotopic (exact) mass is 571 g/mol. The number of benzene rings is 1. The summed E-state index contributed by atoms with van der Waals surface area (Å²) in [5.74, 6) is -2.07. The summed E-state index contributed by atoms with van der Waals surface area (Å²) in [6.45, 7) is 13.1. The Balaban J connectivity index is 1.78. The van der Waals surface area contributed by atoms with Crippen LogP contribution in [0.15, 0.2) is 49.6 Å². The highest BCUT2D eigenvalue weighted by Gasteiger charge is 2.78. The number of hydrogen-bond acceptors (Lipinski definition) is 5. The molecule has 0 saturated carbocycles. The largest absolute Gasteiger partial charge is 0.396 e. The van der Waals surface area contributed by atoms with E-state index in [-0.39, 0.29) is 30.9 Å². The van der Waals surface area contributed by atoms with Gasteiger partial charge in [-0.1, -0.05) is 42.8 Å². The zero-order valence-corrected chi connectivity index (χ0v) is 24.4. The Kier molecular flexibility index (Phi) is 9.43. The lowest BCUT2D eigenvalue weighted by molar-refractivity contribution is -0.149. The predicted octanol–water partition coefficient (Wildman–Crippen LogP) is 4.21. The van der Waals surface area contributed by atoms with Gasteiger partial charge in [0, 0.05) is 32.8 Å². The van der Waals surface area contributed by atoms with Crippen LogP contribution in [0.2, 0.25) is 5.02 Å². The average molecular weight is 572 g/mol. The number of para-hydroxylation sites is 1. The highest BCUT2D eigenvalue weighted by Crippen LogP contribution is 2.63. The third kappa shape index (κ3) is 5.10. The first kappa shape index (κ1) is 30.3. The van der Waals surface area contributed by atoms with Crippen LogP contribution in [0.5, 0.6) is 0 Å². The minimum absolute atomic E-state index is 0.0666. The molecule has 218 valence electrons. The van der Waals surface area contributed by atoms with E-state index in [0.29, 0.717) is 62.4 Å². The van der Waals surface area contributed by atoms with Crippen molar-refractivity contribution in [2.75, 3.05) is 37.7 Å². The van der Waals surface area contributed by atoms with Crippen LogP contribution in [0.4, 0.5) is 5.69 Å². The Morgan fingerprint density at radius 1 is 1.15 bits per heavy atom. The summed E-state index contributed by atoms with van der Waals surface area (Å²) >= 11 is 6.54. The zero-order valence-electron chi connectivity index (χ0n) is 23.7. The van der Waals surface area contributed by atoms with Crippen molar-refractivity contribution < 1.29 is 24.2 Å². The first-order valence-corrected chi connectivity index (χ1v) is 14.8. The van der Waals surface area contributed by atoms with Gasteiger partial charge in [0.15, 0.2) is 0 Å². The summed E-state index contributed by atoms with van der Waals surface area (Å²) in [5.41, 5.74) is -1.43. The summed E-state index contributed by atoms with van der Waals surface area (Å²) in [5, 5.41) is 9.70. The molecule has 1 aromatic carbocycles. The van der Waals surface area contributed by atoms with Crippen molar-refractivity contribution in [1.82, 2.24) is 9.80 Å². The van der Waals surface area contributed by atoms with E-state index in [9.17, 15) is 19.5 Å². The maximum Gasteiger partial charge on any atom is 0.253 e. The van der Waals surface area contributed by atoms with E-state index >= 15 is 0 Å². The summed E-state index contributed by atoms with van der Waals surface area (Å²) < 4.78 is 6.79. The van der Waals surface area contributed by atoms with E-state index < -0.39 is 29.1 Å². The lowest BCUT2D eigenvalue weighted by Gasteiger charge is -2.37. The molecule has 9 heteroatoms. The first-order chi connectivity index (χ1) is 19.2. The van der Waals surface area contributed by atoms with E-state index in [1.54, 1.807) is 45.1 Å². The third-order valence-electron chi connectivity index (χ3n) is 8.71. The van der Waals surface area contributed by atoms with Crippen LogP contribution in [0.25, 0.3) is 0 Å². The number of rotatable bonds is 14. The average Bonchev–Trinajstić information content (AvgIpc) is 3.50. The molecule has 3 amide bonds. The number of amides is 3. The van der Waals surface area contributed by atoms with Crippen molar-refractivity contribution in [3.63, 3.8) is 0 Å². The quantitative estimate of drug-likeness (QED) is 0.267. The van der Waals surface area contributed by atoms with Crippen LogP contribution < -0.4 is 4.90 Å². The molecule has 0 aliphatic carbocycles. The van der Waals surface area contributed by atoms with Crippen LogP contribution in [0, 0.1) is 11.8 Å². The van der Waals surface area contributed by atoms with E-state index in [1.165, 1.54) is 0 Å². The molecule has 3 fully saturated rings. The number of fused-ring (bicyclic) bond motifs is 1. The summed E-state index contributed by atoms with van der Waals surface area (Å²) in [7, 11) is 0. The minimum atomic E-state index is -1.12. The van der Waals surface area contributed by atoms with E-state index in [1.807, 2.05) is 19.9 Å². The van der Waals surface area contributed by atoms with Gasteiger partial charge < -0.3 is 24.5 Å². The number of likely N-dealkylation sites (tertiary alicyclic amines) is 1. The number of carbonyl (C=O) groups excluding carboxylic acids is 3. The molecular formula is C31H42ClN3O5. The molecule has 40 heavy (non-hydrogen) atoms. The Morgan fingerprint density at radius 2 is 1.88 bits per heavy atom. The Bertz CT molecular complexity index is 1140. The van der Waals surface area contributed by atoms with Crippen LogP contribution in [-0.2, 0) is 19.1 Å². The molecule has 2 unspecified atom stereocenters. The second-order valence-electron chi connectivity index (χ2n) is 11.3. The number of unbranched alkanes of at least 4 members (excludes halogenated alkanes) is 2. The fourth-order valence-corrected chi connectivity index (χ4v) is 7.30. The summed E-state index contributed by atoms with van der Waals surface area (Å²) in [4.78, 5) is 47.9. The molecule has 0 radical (unpaired) electrons. The number of anilines is 1. The van der Waals surface area contributed by atoms with Crippen molar-refractivity contribution in [3.05, 3.63) is 54.6 Å². The molecule has 2 bridgehead atoms. The topological polar surface area (TPSA) is 90.4 Å². The SMILES string of the molecule is C=CCN(CCC)C(=O)[C@H]1[C@H]2C(=O)N(CCCCCO)C(C(=O)N(CC=C)c3ccccc3Cl)C23CC[C@]1(C)O3. The van der Waals surface area contributed by atoms with E-state index in [4.69, 9.17) is 16.3 Å². The number of aliphatic hydroxyl groups excluding tert-OH is 1. The molecule has 8 nitrogen and oxygen atoms in total. The van der Waals surface area contributed by atoms with Gasteiger partial charge in [-0.25, -0.2) is 0 Å². The van der Waals surface area contributed by atoms with Crippen LogP contribution in [0.1, 0.15) is 52.4 Å². The number of hydrogen-bond donors (Lipinski definition) is 1.